The molecule has 37 heavy (non-hydrogen) atoms. The Morgan fingerprint density at radius 1 is 1.08 bits per heavy atom. The standard InChI is InChI=1S/C28H32ClFN4O3/c29-24-7-2-1-6-23(24)26-18-25(20-8-10-22(30)11-9-20)31-34(26)27(35)19-33(28(36)21-4-3-5-21)13-12-32-14-16-37-17-15-32/h1-2,6-11,21,26H,3-5,12-19H2/t26-/m0/s1. The Hall–Kier alpha value is -2.81. The summed E-state index contributed by atoms with van der Waals surface area (Å²) in [5.41, 5.74) is 2.23. The summed E-state index contributed by atoms with van der Waals surface area (Å²) >= 11 is 6.53. The topological polar surface area (TPSA) is 65.5 Å². The van der Waals surface area contributed by atoms with Crippen LogP contribution in [0.3, 0.4) is 0 Å². The average molecular weight is 527 g/mol. The van der Waals surface area contributed by atoms with Gasteiger partial charge in [0.15, 0.2) is 0 Å². The molecule has 2 amide bonds. The Morgan fingerprint density at radius 3 is 2.49 bits per heavy atom. The lowest BCUT2D eigenvalue weighted by Gasteiger charge is -2.34. The molecule has 0 N–H and O–H groups in total. The molecule has 0 bridgehead atoms. The molecular weight excluding hydrogens is 495 g/mol. The highest BCUT2D eigenvalue weighted by molar-refractivity contribution is 6.31. The van der Waals surface area contributed by atoms with Crippen LogP contribution in [0.15, 0.2) is 53.6 Å². The van der Waals surface area contributed by atoms with Gasteiger partial charge in [0, 0.05) is 43.5 Å². The zero-order valence-corrected chi connectivity index (χ0v) is 21.6. The van der Waals surface area contributed by atoms with Gasteiger partial charge in [-0.3, -0.25) is 14.5 Å². The van der Waals surface area contributed by atoms with Crippen LogP contribution in [0.2, 0.25) is 5.02 Å². The van der Waals surface area contributed by atoms with Crippen LogP contribution in [0.5, 0.6) is 0 Å². The Labute approximate surface area is 221 Å². The summed E-state index contributed by atoms with van der Waals surface area (Å²) in [6, 6.07) is 13.1. The molecule has 0 spiro atoms. The summed E-state index contributed by atoms with van der Waals surface area (Å²) in [5, 5.41) is 6.70. The summed E-state index contributed by atoms with van der Waals surface area (Å²) < 4.78 is 19.0. The van der Waals surface area contributed by atoms with Crippen LogP contribution >= 0.6 is 11.6 Å². The Balaban J connectivity index is 1.37. The van der Waals surface area contributed by atoms with Gasteiger partial charge in [-0.15, -0.1) is 0 Å². The molecule has 0 aromatic heterocycles. The number of hydrogen-bond donors (Lipinski definition) is 0. The van der Waals surface area contributed by atoms with Crippen molar-refractivity contribution in [1.82, 2.24) is 14.8 Å². The minimum Gasteiger partial charge on any atom is -0.379 e. The van der Waals surface area contributed by atoms with Gasteiger partial charge in [0.05, 0.1) is 25.0 Å². The number of benzene rings is 2. The maximum absolute atomic E-state index is 13.8. The number of carbonyl (C=O) groups excluding carboxylic acids is 2. The van der Waals surface area contributed by atoms with Gasteiger partial charge in [-0.05, 0) is 42.2 Å². The molecule has 2 heterocycles. The summed E-state index contributed by atoms with van der Waals surface area (Å²) in [5.74, 6) is -0.544. The molecule has 2 fully saturated rings. The van der Waals surface area contributed by atoms with Gasteiger partial charge >= 0.3 is 0 Å². The van der Waals surface area contributed by atoms with E-state index in [1.807, 2.05) is 18.2 Å². The van der Waals surface area contributed by atoms with Crippen LogP contribution in [0.4, 0.5) is 4.39 Å². The second-order valence-electron chi connectivity index (χ2n) is 9.87. The molecule has 1 saturated heterocycles. The van der Waals surface area contributed by atoms with E-state index in [1.54, 1.807) is 23.1 Å². The molecule has 1 aliphatic carbocycles. The van der Waals surface area contributed by atoms with E-state index in [-0.39, 0.29) is 30.1 Å². The van der Waals surface area contributed by atoms with Gasteiger partial charge in [0.25, 0.3) is 5.91 Å². The maximum atomic E-state index is 13.8. The first-order valence-electron chi connectivity index (χ1n) is 13.0. The van der Waals surface area contributed by atoms with Crippen molar-refractivity contribution in [3.63, 3.8) is 0 Å². The molecule has 5 rings (SSSR count). The van der Waals surface area contributed by atoms with Crippen molar-refractivity contribution in [2.24, 2.45) is 11.0 Å². The third-order valence-electron chi connectivity index (χ3n) is 7.49. The summed E-state index contributed by atoms with van der Waals surface area (Å²) in [4.78, 5) is 31.0. The highest BCUT2D eigenvalue weighted by atomic mass is 35.5. The minimum absolute atomic E-state index is 0.00582. The second-order valence-corrected chi connectivity index (χ2v) is 10.3. The van der Waals surface area contributed by atoms with Crippen LogP contribution in [0.25, 0.3) is 0 Å². The van der Waals surface area contributed by atoms with E-state index in [0.29, 0.717) is 43.5 Å². The first-order chi connectivity index (χ1) is 18.0. The average Bonchev–Trinajstić information content (AvgIpc) is 3.32. The lowest BCUT2D eigenvalue weighted by Crippen LogP contribution is -2.49. The zero-order chi connectivity index (χ0) is 25.8. The van der Waals surface area contributed by atoms with E-state index in [1.165, 1.54) is 17.1 Å². The number of rotatable bonds is 8. The van der Waals surface area contributed by atoms with E-state index in [0.717, 1.165) is 43.5 Å². The van der Waals surface area contributed by atoms with Crippen LogP contribution in [-0.2, 0) is 14.3 Å². The minimum atomic E-state index is -0.402. The quantitative estimate of drug-likeness (QED) is 0.519. The number of hydrogen-bond acceptors (Lipinski definition) is 5. The molecule has 196 valence electrons. The fourth-order valence-electron chi connectivity index (χ4n) is 5.05. The van der Waals surface area contributed by atoms with Crippen LogP contribution in [0.1, 0.15) is 42.9 Å². The lowest BCUT2D eigenvalue weighted by molar-refractivity contribution is -0.145. The molecule has 3 aliphatic rings. The number of amides is 2. The molecule has 1 atom stereocenters. The molecule has 2 aliphatic heterocycles. The van der Waals surface area contributed by atoms with E-state index < -0.39 is 6.04 Å². The largest absolute Gasteiger partial charge is 0.379 e. The number of morpholine rings is 1. The predicted octanol–water partition coefficient (Wildman–Crippen LogP) is 4.12. The van der Waals surface area contributed by atoms with Gasteiger partial charge in [0.1, 0.15) is 12.4 Å². The van der Waals surface area contributed by atoms with Crippen molar-refractivity contribution in [3.8, 4) is 0 Å². The van der Waals surface area contributed by atoms with Crippen LogP contribution in [0, 0.1) is 11.7 Å². The van der Waals surface area contributed by atoms with Crippen LogP contribution in [-0.4, -0.2) is 78.3 Å². The molecule has 7 nitrogen and oxygen atoms in total. The summed E-state index contributed by atoms with van der Waals surface area (Å²) in [6.45, 7) is 4.17. The predicted molar refractivity (Wildman–Crippen MR) is 140 cm³/mol. The molecule has 0 radical (unpaired) electrons. The fourth-order valence-corrected chi connectivity index (χ4v) is 5.31. The first kappa shape index (κ1) is 25.8. The van der Waals surface area contributed by atoms with Gasteiger partial charge in [-0.2, -0.15) is 5.10 Å². The number of carbonyl (C=O) groups is 2. The van der Waals surface area contributed by atoms with Crippen molar-refractivity contribution in [1.29, 1.82) is 0 Å². The van der Waals surface area contributed by atoms with Gasteiger partial charge in [-0.25, -0.2) is 9.40 Å². The van der Waals surface area contributed by atoms with E-state index in [2.05, 4.69) is 10.0 Å². The molecule has 2 aromatic rings. The molecule has 0 unspecified atom stereocenters. The molecule has 1 saturated carbocycles. The highest BCUT2D eigenvalue weighted by Gasteiger charge is 2.37. The molecule has 2 aromatic carbocycles. The SMILES string of the molecule is O=C(C1CCC1)N(CCN1CCOCC1)CC(=O)N1N=C(c2ccc(F)cc2)C[C@H]1c1ccccc1Cl. The molecular formula is C28H32ClFN4O3. The number of ether oxygens (including phenoxy) is 1. The lowest BCUT2D eigenvalue weighted by atomic mass is 9.84. The van der Waals surface area contributed by atoms with Crippen molar-refractivity contribution >= 4 is 29.1 Å². The number of halogens is 2. The van der Waals surface area contributed by atoms with Gasteiger partial charge in [0.2, 0.25) is 5.91 Å². The first-order valence-corrected chi connectivity index (χ1v) is 13.4. The summed E-state index contributed by atoms with van der Waals surface area (Å²) in [6.07, 6.45) is 3.25. The smallest absolute Gasteiger partial charge is 0.262 e. The number of hydrazone groups is 1. The number of nitrogens with zero attached hydrogens (tertiary/aromatic N) is 4. The normalized spacial score (nSPS) is 20.4. The van der Waals surface area contributed by atoms with Gasteiger partial charge < -0.3 is 9.64 Å². The maximum Gasteiger partial charge on any atom is 0.262 e. The summed E-state index contributed by atoms with van der Waals surface area (Å²) in [7, 11) is 0. The van der Waals surface area contributed by atoms with E-state index in [4.69, 9.17) is 16.3 Å². The monoisotopic (exact) mass is 526 g/mol. The molecule has 9 heteroatoms. The van der Waals surface area contributed by atoms with Crippen molar-refractivity contribution in [2.75, 3.05) is 45.9 Å². The fraction of sp³-hybridized carbons (Fsp3) is 0.464. The Kier molecular flexibility index (Phi) is 8.17. The van der Waals surface area contributed by atoms with Crippen molar-refractivity contribution < 1.29 is 18.7 Å². The zero-order valence-electron chi connectivity index (χ0n) is 20.8. The third kappa shape index (κ3) is 6.03. The van der Waals surface area contributed by atoms with E-state index in [9.17, 15) is 14.0 Å². The van der Waals surface area contributed by atoms with Crippen LogP contribution < -0.4 is 0 Å². The van der Waals surface area contributed by atoms with Gasteiger partial charge in [-0.1, -0.05) is 48.4 Å². The third-order valence-corrected chi connectivity index (χ3v) is 7.83. The second kappa shape index (κ2) is 11.7. The highest BCUT2D eigenvalue weighted by Crippen LogP contribution is 2.36. The van der Waals surface area contributed by atoms with E-state index >= 15 is 0 Å². The van der Waals surface area contributed by atoms with Crippen molar-refractivity contribution in [2.45, 2.75) is 31.7 Å². The Morgan fingerprint density at radius 2 is 1.81 bits per heavy atom. The van der Waals surface area contributed by atoms with Crippen molar-refractivity contribution in [3.05, 3.63) is 70.5 Å². The Bertz CT molecular complexity index is 1150.